The summed E-state index contributed by atoms with van der Waals surface area (Å²) in [5, 5.41) is 0.821. The van der Waals surface area contributed by atoms with Crippen molar-refractivity contribution in [2.75, 3.05) is 6.61 Å². The zero-order valence-electron chi connectivity index (χ0n) is 14.8. The Hall–Kier alpha value is -2.82. The van der Waals surface area contributed by atoms with E-state index in [-0.39, 0.29) is 24.2 Å². The lowest BCUT2D eigenvalue weighted by atomic mass is 10.1. The van der Waals surface area contributed by atoms with Gasteiger partial charge < -0.3 is 13.7 Å². The Morgan fingerprint density at radius 2 is 1.88 bits per heavy atom. The molecule has 2 aromatic heterocycles. The first-order valence-corrected chi connectivity index (χ1v) is 8.26. The Morgan fingerprint density at radius 3 is 2.52 bits per heavy atom. The highest BCUT2D eigenvalue weighted by Crippen LogP contribution is 2.22. The minimum atomic E-state index is -0.637. The number of hydrogen-bond acceptors (Lipinski definition) is 4. The second-order valence-electron chi connectivity index (χ2n) is 6.40. The average Bonchev–Trinajstić information content (AvgIpc) is 3.13. The summed E-state index contributed by atoms with van der Waals surface area (Å²) in [6.07, 6.45) is 0. The maximum absolute atomic E-state index is 12.4. The summed E-state index contributed by atoms with van der Waals surface area (Å²) in [7, 11) is 0. The molecule has 25 heavy (non-hydrogen) atoms. The van der Waals surface area contributed by atoms with Gasteiger partial charge in [0.05, 0.1) is 0 Å². The largest absolute Gasteiger partial charge is 0.451 e. The first-order chi connectivity index (χ1) is 11.9. The molecule has 0 saturated heterocycles. The quantitative estimate of drug-likeness (QED) is 0.508. The number of fused-ring (bicyclic) bond motifs is 1. The van der Waals surface area contributed by atoms with Crippen LogP contribution in [0.2, 0.25) is 0 Å². The topological polar surface area (TPSA) is 61.4 Å². The minimum Gasteiger partial charge on any atom is -0.451 e. The van der Waals surface area contributed by atoms with Crippen LogP contribution in [0.3, 0.4) is 0 Å². The third-order valence-corrected chi connectivity index (χ3v) is 4.26. The van der Waals surface area contributed by atoms with Gasteiger partial charge in [-0.25, -0.2) is 4.79 Å². The number of benzene rings is 1. The van der Waals surface area contributed by atoms with E-state index in [0.29, 0.717) is 11.1 Å². The molecule has 0 saturated carbocycles. The second-order valence-corrected chi connectivity index (χ2v) is 6.40. The lowest BCUT2D eigenvalue weighted by Gasteiger charge is -2.13. The lowest BCUT2D eigenvalue weighted by Crippen LogP contribution is -2.15. The van der Waals surface area contributed by atoms with Gasteiger partial charge >= 0.3 is 5.97 Å². The number of rotatable bonds is 5. The lowest BCUT2D eigenvalue weighted by molar-refractivity contribution is 0.0446. The molecular weight excluding hydrogens is 318 g/mol. The van der Waals surface area contributed by atoms with E-state index >= 15 is 0 Å². The highest BCUT2D eigenvalue weighted by atomic mass is 16.5. The molecule has 130 valence electrons. The predicted molar refractivity (Wildman–Crippen MR) is 95.1 cm³/mol. The molecule has 5 heteroatoms. The fourth-order valence-electron chi connectivity index (χ4n) is 3.22. The Labute approximate surface area is 146 Å². The van der Waals surface area contributed by atoms with Crippen molar-refractivity contribution in [3.05, 3.63) is 59.1 Å². The fourth-order valence-corrected chi connectivity index (χ4v) is 3.22. The summed E-state index contributed by atoms with van der Waals surface area (Å²) in [5.41, 5.74) is 3.10. The van der Waals surface area contributed by atoms with Gasteiger partial charge in [-0.3, -0.25) is 4.79 Å². The van der Waals surface area contributed by atoms with Crippen molar-refractivity contribution in [1.29, 1.82) is 0 Å². The van der Waals surface area contributed by atoms with E-state index < -0.39 is 5.97 Å². The van der Waals surface area contributed by atoms with Crippen LogP contribution in [0, 0.1) is 13.8 Å². The number of para-hydroxylation sites is 1. The molecule has 0 atom stereocenters. The predicted octanol–water partition coefficient (Wildman–Crippen LogP) is 4.47. The number of aromatic nitrogens is 1. The van der Waals surface area contributed by atoms with Gasteiger partial charge in [-0.2, -0.15) is 0 Å². The first kappa shape index (κ1) is 17.0. The Bertz CT molecular complexity index is 913. The SMILES string of the molecule is Cc1cc(C(=O)COC(=O)c2cc3ccccc3o2)c(C)n1C(C)C. The number of aryl methyl sites for hydroxylation is 1. The molecule has 0 fully saturated rings. The van der Waals surface area contributed by atoms with Gasteiger partial charge in [-0.1, -0.05) is 18.2 Å². The number of carbonyl (C=O) groups is 2. The summed E-state index contributed by atoms with van der Waals surface area (Å²) in [6, 6.07) is 11.0. The molecule has 5 nitrogen and oxygen atoms in total. The minimum absolute atomic E-state index is 0.0988. The number of Topliss-reactive ketones (excluding diaryl/α,β-unsaturated/α-hetero) is 1. The number of ketones is 1. The number of hydrogen-bond donors (Lipinski definition) is 0. The van der Waals surface area contributed by atoms with Crippen LogP contribution in [0.5, 0.6) is 0 Å². The molecule has 0 aliphatic heterocycles. The average molecular weight is 339 g/mol. The molecule has 0 unspecified atom stereocenters. The van der Waals surface area contributed by atoms with Crippen LogP contribution >= 0.6 is 0 Å². The molecule has 2 heterocycles. The van der Waals surface area contributed by atoms with Crippen LogP contribution in [0.25, 0.3) is 11.0 Å². The molecular formula is C20H21NO4. The third kappa shape index (κ3) is 3.22. The number of ether oxygens (including phenoxy) is 1. The van der Waals surface area contributed by atoms with E-state index in [9.17, 15) is 9.59 Å². The standard InChI is InChI=1S/C20H21NO4/c1-12(2)21-13(3)9-16(14(21)4)17(22)11-24-20(23)19-10-15-7-5-6-8-18(15)25-19/h5-10,12H,11H2,1-4H3. The van der Waals surface area contributed by atoms with Gasteiger partial charge in [0.15, 0.2) is 6.61 Å². The molecule has 0 bridgehead atoms. The van der Waals surface area contributed by atoms with Crippen molar-refractivity contribution in [3.63, 3.8) is 0 Å². The van der Waals surface area contributed by atoms with Crippen LogP contribution in [-0.2, 0) is 4.74 Å². The number of esters is 1. The molecule has 1 aromatic carbocycles. The van der Waals surface area contributed by atoms with Crippen LogP contribution in [0.15, 0.2) is 40.8 Å². The molecule has 0 spiro atoms. The summed E-state index contributed by atoms with van der Waals surface area (Å²) in [5.74, 6) is -0.756. The van der Waals surface area contributed by atoms with Crippen LogP contribution in [0.4, 0.5) is 0 Å². The Balaban J connectivity index is 1.72. The summed E-state index contributed by atoms with van der Waals surface area (Å²) < 4.78 is 12.7. The second kappa shape index (κ2) is 6.59. The normalized spacial score (nSPS) is 11.2. The third-order valence-electron chi connectivity index (χ3n) is 4.26. The van der Waals surface area contributed by atoms with Gasteiger partial charge in [0, 0.05) is 28.4 Å². The molecule has 0 amide bonds. The summed E-state index contributed by atoms with van der Waals surface area (Å²) in [6.45, 7) is 7.69. The van der Waals surface area contributed by atoms with Gasteiger partial charge in [-0.05, 0) is 45.9 Å². The highest BCUT2D eigenvalue weighted by molar-refractivity contribution is 6.00. The molecule has 0 aliphatic carbocycles. The van der Waals surface area contributed by atoms with E-state index in [1.807, 2.05) is 38.1 Å². The van der Waals surface area contributed by atoms with E-state index in [1.54, 1.807) is 12.1 Å². The van der Waals surface area contributed by atoms with Crippen molar-refractivity contribution >= 4 is 22.7 Å². The van der Waals surface area contributed by atoms with E-state index in [1.165, 1.54) is 0 Å². The zero-order chi connectivity index (χ0) is 18.1. The van der Waals surface area contributed by atoms with Crippen molar-refractivity contribution < 1.29 is 18.7 Å². The van der Waals surface area contributed by atoms with E-state index in [4.69, 9.17) is 9.15 Å². The van der Waals surface area contributed by atoms with Crippen LogP contribution < -0.4 is 0 Å². The monoisotopic (exact) mass is 339 g/mol. The van der Waals surface area contributed by atoms with Gasteiger partial charge in [0.2, 0.25) is 11.5 Å². The van der Waals surface area contributed by atoms with E-state index in [2.05, 4.69) is 18.4 Å². The van der Waals surface area contributed by atoms with Crippen molar-refractivity contribution in [2.24, 2.45) is 0 Å². The zero-order valence-corrected chi connectivity index (χ0v) is 14.8. The molecule has 0 aliphatic rings. The van der Waals surface area contributed by atoms with Gasteiger partial charge in [0.25, 0.3) is 0 Å². The number of nitrogens with zero attached hydrogens (tertiary/aromatic N) is 1. The molecule has 3 rings (SSSR count). The molecule has 0 radical (unpaired) electrons. The maximum Gasteiger partial charge on any atom is 0.374 e. The maximum atomic E-state index is 12.4. The van der Waals surface area contributed by atoms with Crippen LogP contribution in [0.1, 0.15) is 52.2 Å². The van der Waals surface area contributed by atoms with Crippen LogP contribution in [-0.4, -0.2) is 22.9 Å². The van der Waals surface area contributed by atoms with Gasteiger partial charge in [-0.15, -0.1) is 0 Å². The Kier molecular flexibility index (Phi) is 4.49. The van der Waals surface area contributed by atoms with Gasteiger partial charge in [0.1, 0.15) is 5.58 Å². The van der Waals surface area contributed by atoms with Crippen molar-refractivity contribution in [1.82, 2.24) is 4.57 Å². The molecule has 0 N–H and O–H groups in total. The van der Waals surface area contributed by atoms with Crippen molar-refractivity contribution in [2.45, 2.75) is 33.7 Å². The number of furan rings is 1. The summed E-state index contributed by atoms with van der Waals surface area (Å²) in [4.78, 5) is 24.6. The fraction of sp³-hybridized carbons (Fsp3) is 0.300. The summed E-state index contributed by atoms with van der Waals surface area (Å²) >= 11 is 0. The number of carbonyl (C=O) groups excluding carboxylic acids is 2. The van der Waals surface area contributed by atoms with E-state index in [0.717, 1.165) is 16.8 Å². The molecule has 3 aromatic rings. The Morgan fingerprint density at radius 1 is 1.16 bits per heavy atom. The van der Waals surface area contributed by atoms with Crippen molar-refractivity contribution in [3.8, 4) is 0 Å². The highest BCUT2D eigenvalue weighted by Gasteiger charge is 2.20. The first-order valence-electron chi connectivity index (χ1n) is 8.26. The smallest absolute Gasteiger partial charge is 0.374 e.